The first kappa shape index (κ1) is 10.9. The fourth-order valence-electron chi connectivity index (χ4n) is 1.82. The summed E-state index contributed by atoms with van der Waals surface area (Å²) < 4.78 is 5.28. The van der Waals surface area contributed by atoms with Crippen molar-refractivity contribution in [2.24, 2.45) is 5.84 Å². The summed E-state index contributed by atoms with van der Waals surface area (Å²) in [4.78, 5) is 13.7. The number of hydrazine groups is 1. The molecular weight excluding hydrogens is 206 g/mol. The Morgan fingerprint density at radius 3 is 2.69 bits per heavy atom. The van der Waals surface area contributed by atoms with Crippen molar-refractivity contribution in [1.82, 2.24) is 5.43 Å². The number of hydrogen-bond donors (Lipinski definition) is 2. The molecule has 5 heteroatoms. The normalized spacial score (nSPS) is 15.9. The second-order valence-electron chi connectivity index (χ2n) is 3.59. The average Bonchev–Trinajstić information content (AvgIpc) is 2.39. The van der Waals surface area contributed by atoms with Crippen molar-refractivity contribution in [3.63, 3.8) is 0 Å². The van der Waals surface area contributed by atoms with E-state index < -0.39 is 0 Å². The summed E-state index contributed by atoms with van der Waals surface area (Å²) in [5.74, 6) is 4.90. The fraction of sp³-hybridized carbons (Fsp3) is 0.364. The standard InChI is InChI=1S/C11H15N3O2/c12-13-11(15)9-3-1-2-4-10(9)14-5-7-16-8-6-14/h1-4H,5-8,12H2,(H,13,15). The van der Waals surface area contributed by atoms with Gasteiger partial charge in [0.2, 0.25) is 0 Å². The van der Waals surface area contributed by atoms with E-state index in [-0.39, 0.29) is 5.91 Å². The lowest BCUT2D eigenvalue weighted by Crippen LogP contribution is -2.38. The number of anilines is 1. The summed E-state index contributed by atoms with van der Waals surface area (Å²) in [5.41, 5.74) is 3.68. The van der Waals surface area contributed by atoms with Crippen LogP contribution in [0.5, 0.6) is 0 Å². The van der Waals surface area contributed by atoms with E-state index in [0.717, 1.165) is 18.8 Å². The molecular formula is C11H15N3O2. The second-order valence-corrected chi connectivity index (χ2v) is 3.59. The Balaban J connectivity index is 2.28. The highest BCUT2D eigenvalue weighted by atomic mass is 16.5. The lowest BCUT2D eigenvalue weighted by atomic mass is 10.1. The Hall–Kier alpha value is -1.59. The van der Waals surface area contributed by atoms with Gasteiger partial charge in [-0.1, -0.05) is 12.1 Å². The van der Waals surface area contributed by atoms with Crippen molar-refractivity contribution in [3.8, 4) is 0 Å². The molecule has 3 N–H and O–H groups in total. The molecule has 1 heterocycles. The van der Waals surface area contributed by atoms with Crippen LogP contribution < -0.4 is 16.2 Å². The third-order valence-electron chi connectivity index (χ3n) is 2.63. The van der Waals surface area contributed by atoms with Crippen molar-refractivity contribution in [3.05, 3.63) is 29.8 Å². The average molecular weight is 221 g/mol. The molecule has 0 aromatic heterocycles. The Labute approximate surface area is 94.1 Å². The minimum atomic E-state index is -0.262. The Bertz CT molecular complexity index is 375. The van der Waals surface area contributed by atoms with E-state index in [0.29, 0.717) is 18.8 Å². The van der Waals surface area contributed by atoms with Gasteiger partial charge in [0.15, 0.2) is 0 Å². The van der Waals surface area contributed by atoms with Gasteiger partial charge in [0.05, 0.1) is 18.8 Å². The van der Waals surface area contributed by atoms with Crippen LogP contribution >= 0.6 is 0 Å². The maximum atomic E-state index is 11.6. The van der Waals surface area contributed by atoms with Crippen LogP contribution in [0.25, 0.3) is 0 Å². The van der Waals surface area contributed by atoms with Gasteiger partial charge >= 0.3 is 0 Å². The SMILES string of the molecule is NNC(=O)c1ccccc1N1CCOCC1. The zero-order valence-electron chi connectivity index (χ0n) is 8.98. The molecule has 1 aromatic carbocycles. The molecule has 16 heavy (non-hydrogen) atoms. The minimum Gasteiger partial charge on any atom is -0.378 e. The molecule has 0 aliphatic carbocycles. The molecule has 1 aliphatic rings. The lowest BCUT2D eigenvalue weighted by molar-refractivity contribution is 0.0952. The predicted molar refractivity (Wildman–Crippen MR) is 61.1 cm³/mol. The molecule has 2 rings (SSSR count). The maximum absolute atomic E-state index is 11.6. The van der Waals surface area contributed by atoms with E-state index in [4.69, 9.17) is 10.6 Å². The van der Waals surface area contributed by atoms with Crippen LogP contribution in [-0.4, -0.2) is 32.2 Å². The van der Waals surface area contributed by atoms with E-state index in [2.05, 4.69) is 10.3 Å². The third-order valence-corrected chi connectivity index (χ3v) is 2.63. The summed E-state index contributed by atoms with van der Waals surface area (Å²) in [6.45, 7) is 2.99. The van der Waals surface area contributed by atoms with Gasteiger partial charge in [-0.25, -0.2) is 5.84 Å². The van der Waals surface area contributed by atoms with Crippen LogP contribution in [-0.2, 0) is 4.74 Å². The highest BCUT2D eigenvalue weighted by Gasteiger charge is 2.17. The number of nitrogens with one attached hydrogen (secondary N) is 1. The lowest BCUT2D eigenvalue weighted by Gasteiger charge is -2.30. The van der Waals surface area contributed by atoms with Crippen molar-refractivity contribution in [2.75, 3.05) is 31.2 Å². The van der Waals surface area contributed by atoms with Gasteiger partial charge in [-0.2, -0.15) is 0 Å². The molecule has 0 unspecified atom stereocenters. The number of nitrogens with two attached hydrogens (primary N) is 1. The Morgan fingerprint density at radius 1 is 1.31 bits per heavy atom. The number of benzene rings is 1. The molecule has 0 atom stereocenters. The van der Waals surface area contributed by atoms with Gasteiger partial charge in [-0.05, 0) is 12.1 Å². The molecule has 86 valence electrons. The number of nitrogen functional groups attached to an aromatic ring is 1. The zero-order chi connectivity index (χ0) is 11.4. The number of para-hydroxylation sites is 1. The first-order valence-electron chi connectivity index (χ1n) is 5.25. The van der Waals surface area contributed by atoms with E-state index in [1.807, 2.05) is 18.2 Å². The van der Waals surface area contributed by atoms with Crippen LogP contribution in [0, 0.1) is 0 Å². The number of carbonyl (C=O) groups excluding carboxylic acids is 1. The summed E-state index contributed by atoms with van der Waals surface area (Å²) >= 11 is 0. The topological polar surface area (TPSA) is 67.6 Å². The summed E-state index contributed by atoms with van der Waals surface area (Å²) in [6.07, 6.45) is 0. The van der Waals surface area contributed by atoms with Crippen LogP contribution in [0.4, 0.5) is 5.69 Å². The number of ether oxygens (including phenoxy) is 1. The van der Waals surface area contributed by atoms with Gasteiger partial charge in [0, 0.05) is 18.8 Å². The largest absolute Gasteiger partial charge is 0.378 e. The first-order chi connectivity index (χ1) is 7.83. The van der Waals surface area contributed by atoms with E-state index in [1.165, 1.54) is 0 Å². The zero-order valence-corrected chi connectivity index (χ0v) is 8.98. The van der Waals surface area contributed by atoms with Crippen LogP contribution in [0.3, 0.4) is 0 Å². The van der Waals surface area contributed by atoms with Gasteiger partial charge < -0.3 is 9.64 Å². The molecule has 0 radical (unpaired) electrons. The fourth-order valence-corrected chi connectivity index (χ4v) is 1.82. The highest BCUT2D eigenvalue weighted by molar-refractivity contribution is 5.99. The van der Waals surface area contributed by atoms with Gasteiger partial charge in [0.25, 0.3) is 5.91 Å². The smallest absolute Gasteiger partial charge is 0.267 e. The summed E-state index contributed by atoms with van der Waals surface area (Å²) in [5, 5.41) is 0. The number of rotatable bonds is 2. The molecule has 1 aromatic rings. The van der Waals surface area contributed by atoms with Crippen LogP contribution in [0.2, 0.25) is 0 Å². The maximum Gasteiger partial charge on any atom is 0.267 e. The highest BCUT2D eigenvalue weighted by Crippen LogP contribution is 2.21. The third kappa shape index (κ3) is 2.15. The van der Waals surface area contributed by atoms with Crippen LogP contribution in [0.1, 0.15) is 10.4 Å². The molecule has 0 spiro atoms. The van der Waals surface area contributed by atoms with Gasteiger partial charge in [-0.3, -0.25) is 10.2 Å². The van der Waals surface area contributed by atoms with Gasteiger partial charge in [-0.15, -0.1) is 0 Å². The number of hydrogen-bond acceptors (Lipinski definition) is 4. The predicted octanol–water partition coefficient (Wildman–Crippen LogP) is 0.127. The number of carbonyl (C=O) groups is 1. The Kier molecular flexibility index (Phi) is 3.38. The van der Waals surface area contributed by atoms with Crippen LogP contribution in [0.15, 0.2) is 24.3 Å². The number of nitrogens with zero attached hydrogens (tertiary/aromatic N) is 1. The van der Waals surface area contributed by atoms with Gasteiger partial charge in [0.1, 0.15) is 0 Å². The summed E-state index contributed by atoms with van der Waals surface area (Å²) in [6, 6.07) is 7.44. The molecule has 0 bridgehead atoms. The van der Waals surface area contributed by atoms with Crippen molar-refractivity contribution >= 4 is 11.6 Å². The Morgan fingerprint density at radius 2 is 2.00 bits per heavy atom. The quantitative estimate of drug-likeness (QED) is 0.423. The van der Waals surface area contributed by atoms with E-state index in [1.54, 1.807) is 6.07 Å². The van der Waals surface area contributed by atoms with Crippen molar-refractivity contribution in [1.29, 1.82) is 0 Å². The monoisotopic (exact) mass is 221 g/mol. The molecule has 5 nitrogen and oxygen atoms in total. The molecule has 1 saturated heterocycles. The second kappa shape index (κ2) is 4.96. The number of amides is 1. The molecule has 1 fully saturated rings. The van der Waals surface area contributed by atoms with E-state index in [9.17, 15) is 4.79 Å². The van der Waals surface area contributed by atoms with E-state index >= 15 is 0 Å². The van der Waals surface area contributed by atoms with Crippen molar-refractivity contribution < 1.29 is 9.53 Å². The molecule has 1 amide bonds. The number of morpholine rings is 1. The molecule has 1 aliphatic heterocycles. The van der Waals surface area contributed by atoms with Crippen molar-refractivity contribution in [2.45, 2.75) is 0 Å². The minimum absolute atomic E-state index is 0.262. The molecule has 0 saturated carbocycles. The first-order valence-corrected chi connectivity index (χ1v) is 5.25. The summed E-state index contributed by atoms with van der Waals surface area (Å²) in [7, 11) is 0.